The van der Waals surface area contributed by atoms with Crippen LogP contribution in [0.25, 0.3) is 16.6 Å². The molecule has 3 aromatic rings. The molecular weight excluding hydrogens is 444 g/mol. The van der Waals surface area contributed by atoms with Gasteiger partial charge in [0.25, 0.3) is 0 Å². The fourth-order valence-electron chi connectivity index (χ4n) is 4.15. The van der Waals surface area contributed by atoms with Crippen molar-refractivity contribution < 1.29 is 27.5 Å². The number of aromatic nitrogens is 1. The molecule has 2 heterocycles. The largest absolute Gasteiger partial charge is 0.477 e. The van der Waals surface area contributed by atoms with Crippen LogP contribution in [0.3, 0.4) is 0 Å². The lowest BCUT2D eigenvalue weighted by molar-refractivity contribution is 0.0695. The van der Waals surface area contributed by atoms with E-state index in [0.717, 1.165) is 22.9 Å². The smallest absolute Gasteiger partial charge is 0.341 e. The maximum atomic E-state index is 16.0. The van der Waals surface area contributed by atoms with E-state index in [2.05, 4.69) is 5.32 Å². The van der Waals surface area contributed by atoms with Gasteiger partial charge in [0.2, 0.25) is 5.43 Å². The number of nitrogen functional groups attached to an aromatic ring is 1. The van der Waals surface area contributed by atoms with Crippen LogP contribution < -0.4 is 21.4 Å². The van der Waals surface area contributed by atoms with Gasteiger partial charge in [0, 0.05) is 37.4 Å². The van der Waals surface area contributed by atoms with Gasteiger partial charge < -0.3 is 25.6 Å². The number of rotatable bonds is 3. The number of hydrogen-bond acceptors (Lipinski definition) is 5. The molecule has 1 fully saturated rings. The van der Waals surface area contributed by atoms with Crippen LogP contribution in [0.4, 0.5) is 28.9 Å². The standard InChI is InChI=1S/C22H20F4N4O3/c1-22(2)9-29(6-5-28-22)19-15(25)17(27)14-18(16(19)26)30(8-11(20(14)31)21(32)33)13-4-3-10(23)7-12(13)24/h3-4,7-8,28H,5-6,9,27H2,1-2H3,(H,32,33). The lowest BCUT2D eigenvalue weighted by Gasteiger charge is -2.40. The van der Waals surface area contributed by atoms with Crippen molar-refractivity contribution in [3.63, 3.8) is 0 Å². The fourth-order valence-corrected chi connectivity index (χ4v) is 4.15. The molecule has 2 aromatic carbocycles. The highest BCUT2D eigenvalue weighted by molar-refractivity contribution is 6.00. The highest BCUT2D eigenvalue weighted by Crippen LogP contribution is 2.37. The summed E-state index contributed by atoms with van der Waals surface area (Å²) in [6.45, 7) is 4.48. The number of carboxylic acid groups (broad SMARTS) is 1. The fraction of sp³-hybridized carbons (Fsp3) is 0.273. The number of piperazine rings is 1. The molecule has 1 aromatic heterocycles. The Morgan fingerprint density at radius 2 is 1.88 bits per heavy atom. The van der Waals surface area contributed by atoms with E-state index in [0.29, 0.717) is 12.6 Å². The molecule has 0 spiro atoms. The third-order valence-electron chi connectivity index (χ3n) is 5.62. The summed E-state index contributed by atoms with van der Waals surface area (Å²) in [5.41, 5.74) is 0.952. The predicted octanol–water partition coefficient (Wildman–Crippen LogP) is 3.02. The number of aromatic carboxylic acids is 1. The van der Waals surface area contributed by atoms with E-state index in [1.807, 2.05) is 13.8 Å². The molecular formula is C22H20F4N4O3. The normalized spacial score (nSPS) is 15.8. The number of carbonyl (C=O) groups is 1. The van der Waals surface area contributed by atoms with Crippen molar-refractivity contribution in [3.05, 3.63) is 63.5 Å². The molecule has 1 saturated heterocycles. The molecule has 4 N–H and O–H groups in total. The Morgan fingerprint density at radius 1 is 1.18 bits per heavy atom. The lowest BCUT2D eigenvalue weighted by atomic mass is 10.00. The molecule has 0 saturated carbocycles. The van der Waals surface area contributed by atoms with Crippen molar-refractivity contribution in [2.45, 2.75) is 19.4 Å². The summed E-state index contributed by atoms with van der Waals surface area (Å²) >= 11 is 0. The van der Waals surface area contributed by atoms with Crippen LogP contribution >= 0.6 is 0 Å². The number of nitrogens with zero attached hydrogens (tertiary/aromatic N) is 2. The maximum absolute atomic E-state index is 16.0. The second-order valence-corrected chi connectivity index (χ2v) is 8.49. The van der Waals surface area contributed by atoms with Gasteiger partial charge in [-0.25, -0.2) is 22.4 Å². The van der Waals surface area contributed by atoms with Gasteiger partial charge in [-0.05, 0) is 26.0 Å². The first-order chi connectivity index (χ1) is 15.4. The van der Waals surface area contributed by atoms with E-state index in [1.165, 1.54) is 4.90 Å². The summed E-state index contributed by atoms with van der Waals surface area (Å²) in [5.74, 6) is -6.21. The average molecular weight is 464 g/mol. The molecule has 0 radical (unpaired) electrons. The van der Waals surface area contributed by atoms with E-state index in [-0.39, 0.29) is 13.1 Å². The number of nitrogens with one attached hydrogen (secondary N) is 1. The molecule has 1 aliphatic rings. The van der Waals surface area contributed by atoms with Gasteiger partial charge in [-0.1, -0.05) is 0 Å². The number of halogens is 4. The summed E-state index contributed by atoms with van der Waals surface area (Å²) in [6.07, 6.45) is 0.717. The Kier molecular flexibility index (Phi) is 5.32. The van der Waals surface area contributed by atoms with Gasteiger partial charge >= 0.3 is 5.97 Å². The zero-order valence-corrected chi connectivity index (χ0v) is 17.7. The predicted molar refractivity (Wildman–Crippen MR) is 115 cm³/mol. The van der Waals surface area contributed by atoms with Gasteiger partial charge in [0.1, 0.15) is 22.9 Å². The Balaban J connectivity index is 2.15. The van der Waals surface area contributed by atoms with Crippen molar-refractivity contribution in [2.24, 2.45) is 0 Å². The minimum Gasteiger partial charge on any atom is -0.477 e. The Labute approximate surface area is 185 Å². The third-order valence-corrected chi connectivity index (χ3v) is 5.62. The van der Waals surface area contributed by atoms with Gasteiger partial charge in [-0.3, -0.25) is 4.79 Å². The monoisotopic (exact) mass is 464 g/mol. The highest BCUT2D eigenvalue weighted by Gasteiger charge is 2.33. The van der Waals surface area contributed by atoms with Crippen LogP contribution in [-0.2, 0) is 0 Å². The molecule has 0 aliphatic carbocycles. The average Bonchev–Trinajstić information content (AvgIpc) is 2.71. The number of fused-ring (bicyclic) bond motifs is 1. The summed E-state index contributed by atoms with van der Waals surface area (Å²) < 4.78 is 60.2. The number of carboxylic acids is 1. The van der Waals surface area contributed by atoms with E-state index in [4.69, 9.17) is 5.73 Å². The summed E-state index contributed by atoms with van der Waals surface area (Å²) in [7, 11) is 0. The molecule has 0 bridgehead atoms. The van der Waals surface area contributed by atoms with Crippen LogP contribution in [0.1, 0.15) is 24.2 Å². The van der Waals surface area contributed by atoms with Crippen molar-refractivity contribution in [2.75, 3.05) is 30.3 Å². The molecule has 7 nitrogen and oxygen atoms in total. The first kappa shape index (κ1) is 22.6. The minimum absolute atomic E-state index is 0.189. The number of anilines is 2. The van der Waals surface area contributed by atoms with Crippen molar-refractivity contribution >= 4 is 28.2 Å². The summed E-state index contributed by atoms with van der Waals surface area (Å²) in [5, 5.41) is 11.9. The van der Waals surface area contributed by atoms with Gasteiger partial charge in [0.05, 0.1) is 22.3 Å². The first-order valence-electron chi connectivity index (χ1n) is 9.97. The zero-order valence-electron chi connectivity index (χ0n) is 17.7. The van der Waals surface area contributed by atoms with Crippen LogP contribution in [-0.4, -0.2) is 40.8 Å². The summed E-state index contributed by atoms with van der Waals surface area (Å²) in [4.78, 5) is 25.9. The number of hydrogen-bond donors (Lipinski definition) is 3. The first-order valence-corrected chi connectivity index (χ1v) is 9.97. The number of benzene rings is 2. The Bertz CT molecular complexity index is 1370. The SMILES string of the molecule is CC1(C)CN(c2c(F)c(N)c3c(=O)c(C(=O)O)cn(-c4ccc(F)cc4F)c3c2F)CCN1. The number of pyridine rings is 1. The highest BCUT2D eigenvalue weighted by atomic mass is 19.1. The molecule has 33 heavy (non-hydrogen) atoms. The molecule has 0 atom stereocenters. The second-order valence-electron chi connectivity index (χ2n) is 8.49. The zero-order chi connectivity index (χ0) is 24.2. The minimum atomic E-state index is -1.70. The van der Waals surface area contributed by atoms with Crippen molar-refractivity contribution in [1.82, 2.24) is 9.88 Å². The topological polar surface area (TPSA) is 101 Å². The van der Waals surface area contributed by atoms with E-state index >= 15 is 8.78 Å². The van der Waals surface area contributed by atoms with Crippen LogP contribution in [0.5, 0.6) is 0 Å². The van der Waals surface area contributed by atoms with Gasteiger partial charge in [-0.2, -0.15) is 0 Å². The quantitative estimate of drug-likeness (QED) is 0.407. The Hall–Kier alpha value is -3.60. The molecule has 0 unspecified atom stereocenters. The summed E-state index contributed by atoms with van der Waals surface area (Å²) in [6, 6.07) is 2.35. The van der Waals surface area contributed by atoms with E-state index in [9.17, 15) is 23.5 Å². The maximum Gasteiger partial charge on any atom is 0.341 e. The lowest BCUT2D eigenvalue weighted by Crippen LogP contribution is -2.57. The molecule has 0 amide bonds. The van der Waals surface area contributed by atoms with E-state index in [1.54, 1.807) is 0 Å². The molecule has 4 rings (SSSR count). The van der Waals surface area contributed by atoms with Crippen LogP contribution in [0.15, 0.2) is 29.2 Å². The van der Waals surface area contributed by atoms with Crippen molar-refractivity contribution in [1.29, 1.82) is 0 Å². The second kappa shape index (κ2) is 7.77. The molecule has 174 valence electrons. The van der Waals surface area contributed by atoms with Crippen LogP contribution in [0, 0.1) is 23.3 Å². The van der Waals surface area contributed by atoms with E-state index < -0.39 is 73.7 Å². The van der Waals surface area contributed by atoms with Crippen LogP contribution in [0.2, 0.25) is 0 Å². The number of nitrogens with two attached hydrogens (primary N) is 1. The van der Waals surface area contributed by atoms with Gasteiger partial charge in [-0.15, -0.1) is 0 Å². The van der Waals surface area contributed by atoms with Gasteiger partial charge in [0.15, 0.2) is 11.6 Å². The molecule has 1 aliphatic heterocycles. The van der Waals surface area contributed by atoms with Crippen molar-refractivity contribution in [3.8, 4) is 5.69 Å². The third kappa shape index (κ3) is 3.67. The molecule has 11 heteroatoms. The Morgan fingerprint density at radius 3 is 2.48 bits per heavy atom.